The zero-order chi connectivity index (χ0) is 16.4. The van der Waals surface area contributed by atoms with E-state index in [0.717, 1.165) is 0 Å². The Morgan fingerprint density at radius 2 is 1.86 bits per heavy atom. The maximum atomic E-state index is 13.0. The van der Waals surface area contributed by atoms with E-state index in [9.17, 15) is 31.1 Å². The van der Waals surface area contributed by atoms with Gasteiger partial charge in [-0.2, -0.15) is 13.2 Å². The van der Waals surface area contributed by atoms with E-state index in [-0.39, 0.29) is 0 Å². The quantitative estimate of drug-likeness (QED) is 0.481. The summed E-state index contributed by atoms with van der Waals surface area (Å²) in [5, 5.41) is 0. The van der Waals surface area contributed by atoms with Gasteiger partial charge in [-0.1, -0.05) is 0 Å². The molecule has 1 aromatic rings. The number of esters is 1. The Bertz CT molecular complexity index is 543. The molecule has 0 unspecified atom stereocenters. The van der Waals surface area contributed by atoms with E-state index in [2.05, 4.69) is 14.5 Å². The minimum atomic E-state index is -5.33. The Kier molecular flexibility index (Phi) is 4.92. The second kappa shape index (κ2) is 5.96. The zero-order valence-corrected chi connectivity index (χ0v) is 10.9. The molecule has 21 heavy (non-hydrogen) atoms. The maximum Gasteiger partial charge on any atom is 0.574 e. The standard InChI is InChI=1S/C10H6ClF6NO3/c1-20-8(19)5-6(9(12,13)14)4(2-11)3-18-7(5)21-10(15,16)17/h3H,2H2,1H3. The molecular formula is C10H6ClF6NO3. The first-order chi connectivity index (χ1) is 9.51. The van der Waals surface area contributed by atoms with Gasteiger partial charge >= 0.3 is 18.5 Å². The third-order valence-corrected chi connectivity index (χ3v) is 2.44. The molecule has 0 N–H and O–H groups in total. The number of carbonyl (C=O) groups is 1. The van der Waals surface area contributed by atoms with Crippen molar-refractivity contribution in [2.75, 3.05) is 7.11 Å². The normalized spacial score (nSPS) is 12.2. The van der Waals surface area contributed by atoms with Crippen molar-refractivity contribution in [2.45, 2.75) is 18.4 Å². The van der Waals surface area contributed by atoms with Gasteiger partial charge in [0.2, 0.25) is 5.88 Å². The molecule has 0 amide bonds. The van der Waals surface area contributed by atoms with Crippen molar-refractivity contribution < 1.29 is 40.6 Å². The van der Waals surface area contributed by atoms with Crippen LogP contribution in [-0.4, -0.2) is 24.4 Å². The Balaban J connectivity index is 3.64. The van der Waals surface area contributed by atoms with Crippen LogP contribution in [0.25, 0.3) is 0 Å². The smallest absolute Gasteiger partial charge is 0.465 e. The molecule has 0 saturated heterocycles. The average molecular weight is 338 g/mol. The number of alkyl halides is 7. The second-order valence-electron chi connectivity index (χ2n) is 3.51. The lowest BCUT2D eigenvalue weighted by molar-refractivity contribution is -0.276. The first kappa shape index (κ1) is 17.3. The number of hydrogen-bond acceptors (Lipinski definition) is 4. The third kappa shape index (κ3) is 4.13. The molecule has 0 spiro atoms. The Hall–Kier alpha value is -1.71. The predicted molar refractivity (Wildman–Crippen MR) is 56.8 cm³/mol. The Morgan fingerprint density at radius 3 is 2.24 bits per heavy atom. The summed E-state index contributed by atoms with van der Waals surface area (Å²) in [6.07, 6.45) is -10.0. The van der Waals surface area contributed by atoms with Gasteiger partial charge < -0.3 is 9.47 Å². The van der Waals surface area contributed by atoms with E-state index in [1.54, 1.807) is 0 Å². The number of halogens is 7. The van der Waals surface area contributed by atoms with E-state index in [4.69, 9.17) is 11.6 Å². The SMILES string of the molecule is COC(=O)c1c(OC(F)(F)F)ncc(CCl)c1C(F)(F)F. The lowest BCUT2D eigenvalue weighted by Crippen LogP contribution is -2.24. The fourth-order valence-electron chi connectivity index (χ4n) is 1.44. The summed E-state index contributed by atoms with van der Waals surface area (Å²) in [5.74, 6) is -3.96. The van der Waals surface area contributed by atoms with Gasteiger partial charge in [-0.15, -0.1) is 24.8 Å². The monoisotopic (exact) mass is 337 g/mol. The first-order valence-electron chi connectivity index (χ1n) is 5.00. The molecule has 0 saturated carbocycles. The van der Waals surface area contributed by atoms with E-state index in [1.165, 1.54) is 0 Å². The van der Waals surface area contributed by atoms with E-state index < -0.39 is 47.0 Å². The van der Waals surface area contributed by atoms with Crippen LogP contribution in [0.1, 0.15) is 21.5 Å². The maximum absolute atomic E-state index is 13.0. The Labute approximate surface area is 118 Å². The minimum Gasteiger partial charge on any atom is -0.465 e. The van der Waals surface area contributed by atoms with Crippen LogP contribution >= 0.6 is 11.6 Å². The molecule has 0 fully saturated rings. The molecule has 4 nitrogen and oxygen atoms in total. The summed E-state index contributed by atoms with van der Waals surface area (Å²) in [4.78, 5) is 14.5. The summed E-state index contributed by atoms with van der Waals surface area (Å²) >= 11 is 5.29. The highest BCUT2D eigenvalue weighted by Crippen LogP contribution is 2.39. The molecule has 118 valence electrons. The van der Waals surface area contributed by atoms with E-state index in [0.29, 0.717) is 13.3 Å². The van der Waals surface area contributed by atoms with Crippen molar-refractivity contribution in [2.24, 2.45) is 0 Å². The van der Waals surface area contributed by atoms with Crippen LogP contribution in [0.4, 0.5) is 26.3 Å². The lowest BCUT2D eigenvalue weighted by Gasteiger charge is -2.18. The molecular weight excluding hydrogens is 332 g/mol. The Morgan fingerprint density at radius 1 is 1.29 bits per heavy atom. The van der Waals surface area contributed by atoms with Crippen molar-refractivity contribution in [3.63, 3.8) is 0 Å². The van der Waals surface area contributed by atoms with Gasteiger partial charge in [-0.25, -0.2) is 9.78 Å². The number of pyridine rings is 1. The van der Waals surface area contributed by atoms with Crippen LogP contribution in [0.5, 0.6) is 5.88 Å². The van der Waals surface area contributed by atoms with Crippen LogP contribution in [0.3, 0.4) is 0 Å². The molecule has 0 aliphatic rings. The second-order valence-corrected chi connectivity index (χ2v) is 3.78. The molecule has 0 radical (unpaired) electrons. The van der Waals surface area contributed by atoms with Crippen molar-refractivity contribution in [1.29, 1.82) is 0 Å². The molecule has 0 aromatic carbocycles. The molecule has 0 aliphatic carbocycles. The summed E-state index contributed by atoms with van der Waals surface area (Å²) in [5.41, 5.74) is -3.85. The van der Waals surface area contributed by atoms with Crippen LogP contribution in [-0.2, 0) is 16.8 Å². The van der Waals surface area contributed by atoms with Gasteiger partial charge in [-0.05, 0) is 5.56 Å². The predicted octanol–water partition coefficient (Wildman–Crippen LogP) is 3.52. The van der Waals surface area contributed by atoms with Crippen LogP contribution < -0.4 is 4.74 Å². The van der Waals surface area contributed by atoms with Gasteiger partial charge in [0.1, 0.15) is 5.56 Å². The third-order valence-electron chi connectivity index (χ3n) is 2.15. The summed E-state index contributed by atoms with van der Waals surface area (Å²) in [6.45, 7) is 0. The fraction of sp³-hybridized carbons (Fsp3) is 0.400. The highest BCUT2D eigenvalue weighted by Gasteiger charge is 2.43. The first-order valence-corrected chi connectivity index (χ1v) is 5.53. The highest BCUT2D eigenvalue weighted by molar-refractivity contribution is 6.17. The largest absolute Gasteiger partial charge is 0.574 e. The van der Waals surface area contributed by atoms with Crippen LogP contribution in [0.15, 0.2) is 6.20 Å². The van der Waals surface area contributed by atoms with Crippen molar-refractivity contribution in [3.05, 3.63) is 22.9 Å². The molecule has 0 bridgehead atoms. The number of nitrogens with zero attached hydrogens (tertiary/aromatic N) is 1. The zero-order valence-electron chi connectivity index (χ0n) is 10.1. The fourth-order valence-corrected chi connectivity index (χ4v) is 1.64. The lowest BCUT2D eigenvalue weighted by atomic mass is 10.0. The molecule has 1 heterocycles. The van der Waals surface area contributed by atoms with Gasteiger partial charge in [-0.3, -0.25) is 0 Å². The van der Waals surface area contributed by atoms with Gasteiger partial charge in [0.25, 0.3) is 0 Å². The number of carbonyl (C=O) groups excluding carboxylic acids is 1. The van der Waals surface area contributed by atoms with Crippen molar-refractivity contribution >= 4 is 17.6 Å². The topological polar surface area (TPSA) is 48.4 Å². The molecule has 11 heteroatoms. The highest BCUT2D eigenvalue weighted by atomic mass is 35.5. The number of rotatable bonds is 3. The van der Waals surface area contributed by atoms with Crippen LogP contribution in [0, 0.1) is 0 Å². The molecule has 1 rings (SSSR count). The van der Waals surface area contributed by atoms with Crippen LogP contribution in [0.2, 0.25) is 0 Å². The average Bonchev–Trinajstić information content (AvgIpc) is 2.34. The van der Waals surface area contributed by atoms with Crippen molar-refractivity contribution in [3.8, 4) is 5.88 Å². The number of aromatic nitrogens is 1. The van der Waals surface area contributed by atoms with E-state index in [1.807, 2.05) is 0 Å². The van der Waals surface area contributed by atoms with Gasteiger partial charge in [0.15, 0.2) is 0 Å². The molecule has 1 aromatic heterocycles. The van der Waals surface area contributed by atoms with E-state index >= 15 is 0 Å². The number of hydrogen-bond donors (Lipinski definition) is 0. The van der Waals surface area contributed by atoms with Gasteiger partial charge in [0, 0.05) is 12.1 Å². The summed E-state index contributed by atoms with van der Waals surface area (Å²) < 4.78 is 82.9. The number of methoxy groups -OCH3 is 1. The number of ether oxygens (including phenoxy) is 2. The van der Waals surface area contributed by atoms with Crippen molar-refractivity contribution in [1.82, 2.24) is 4.98 Å². The summed E-state index contributed by atoms with van der Waals surface area (Å²) in [7, 11) is 0.702. The van der Waals surface area contributed by atoms with Gasteiger partial charge in [0.05, 0.1) is 12.7 Å². The molecule has 0 aliphatic heterocycles. The molecule has 0 atom stereocenters. The summed E-state index contributed by atoms with van der Waals surface area (Å²) in [6, 6.07) is 0. The minimum absolute atomic E-state index is 0.448.